The molecule has 0 spiro atoms. The van der Waals surface area contributed by atoms with E-state index in [0.717, 1.165) is 38.0 Å². The van der Waals surface area contributed by atoms with Crippen LogP contribution >= 0.6 is 11.6 Å². The number of halogens is 2. The van der Waals surface area contributed by atoms with E-state index in [2.05, 4.69) is 18.1 Å². The second kappa shape index (κ2) is 8.47. The molecule has 0 unspecified atom stereocenters. The maximum Gasteiger partial charge on any atom is 0.138 e. The van der Waals surface area contributed by atoms with Crippen LogP contribution in [0.1, 0.15) is 31.2 Å². The Morgan fingerprint density at radius 1 is 1.22 bits per heavy atom. The van der Waals surface area contributed by atoms with Crippen LogP contribution in [0.15, 0.2) is 61.2 Å². The van der Waals surface area contributed by atoms with E-state index in [1.165, 1.54) is 5.57 Å². The lowest BCUT2D eigenvalue weighted by Crippen LogP contribution is -2.40. The Hall–Kier alpha value is -1.38. The monoisotopic (exact) mass is 333 g/mol. The third-order valence-corrected chi connectivity index (χ3v) is 4.80. The minimum atomic E-state index is -1.21. The van der Waals surface area contributed by atoms with Gasteiger partial charge in [0.05, 0.1) is 0 Å². The van der Waals surface area contributed by atoms with Crippen LogP contribution in [-0.2, 0) is 5.67 Å². The van der Waals surface area contributed by atoms with Crippen LogP contribution in [0.3, 0.4) is 0 Å². The normalized spacial score (nSPS) is 18.6. The number of allylic oxidation sites excluding steroid dienone is 4. The Balaban J connectivity index is 1.81. The minimum absolute atomic E-state index is 0.547. The van der Waals surface area contributed by atoms with E-state index in [-0.39, 0.29) is 0 Å². The molecule has 2 rings (SSSR count). The van der Waals surface area contributed by atoms with Gasteiger partial charge in [-0.1, -0.05) is 55.1 Å². The molecule has 1 aromatic carbocycles. The van der Waals surface area contributed by atoms with Crippen LogP contribution < -0.4 is 0 Å². The van der Waals surface area contributed by atoms with Crippen LogP contribution in [-0.4, -0.2) is 24.5 Å². The first-order valence-electron chi connectivity index (χ1n) is 8.19. The number of benzene rings is 1. The summed E-state index contributed by atoms with van der Waals surface area (Å²) in [5.41, 5.74) is 0.748. The zero-order valence-electron chi connectivity index (χ0n) is 13.6. The molecule has 0 amide bonds. The summed E-state index contributed by atoms with van der Waals surface area (Å²) in [5.74, 6) is 0. The van der Waals surface area contributed by atoms with Crippen molar-refractivity contribution in [2.75, 3.05) is 19.6 Å². The lowest BCUT2D eigenvalue weighted by molar-refractivity contribution is 0.0556. The Bertz CT molecular complexity index is 554. The van der Waals surface area contributed by atoms with Crippen molar-refractivity contribution >= 4 is 11.6 Å². The van der Waals surface area contributed by atoms with Crippen molar-refractivity contribution in [3.8, 4) is 0 Å². The molecule has 0 atom stereocenters. The van der Waals surface area contributed by atoms with Crippen molar-refractivity contribution in [1.29, 1.82) is 0 Å². The van der Waals surface area contributed by atoms with Gasteiger partial charge in [-0.2, -0.15) is 0 Å². The molecular formula is C20H25ClFN. The van der Waals surface area contributed by atoms with E-state index in [1.54, 1.807) is 18.2 Å². The highest BCUT2D eigenvalue weighted by Crippen LogP contribution is 2.37. The third kappa shape index (κ3) is 5.05. The average molecular weight is 334 g/mol. The molecule has 0 bridgehead atoms. The fourth-order valence-corrected chi connectivity index (χ4v) is 3.21. The van der Waals surface area contributed by atoms with Gasteiger partial charge in [0, 0.05) is 18.1 Å². The summed E-state index contributed by atoms with van der Waals surface area (Å²) >= 11 is 5.89. The first kappa shape index (κ1) is 18.0. The van der Waals surface area contributed by atoms with Gasteiger partial charge in [-0.05, 0) is 55.5 Å². The predicted molar refractivity (Wildman–Crippen MR) is 97.6 cm³/mol. The maximum atomic E-state index is 15.1. The highest BCUT2D eigenvalue weighted by molar-refractivity contribution is 6.30. The highest BCUT2D eigenvalue weighted by atomic mass is 35.5. The Labute approximate surface area is 144 Å². The molecule has 0 N–H and O–H groups in total. The van der Waals surface area contributed by atoms with Gasteiger partial charge in [0.25, 0.3) is 0 Å². The number of likely N-dealkylation sites (tertiary alicyclic amines) is 1. The summed E-state index contributed by atoms with van der Waals surface area (Å²) in [5, 5.41) is 0.653. The summed E-state index contributed by atoms with van der Waals surface area (Å²) in [6, 6.07) is 7.17. The zero-order valence-corrected chi connectivity index (χ0v) is 14.4. The van der Waals surface area contributed by atoms with Crippen molar-refractivity contribution in [3.63, 3.8) is 0 Å². The predicted octanol–water partition coefficient (Wildman–Crippen LogP) is 5.68. The number of nitrogens with zero attached hydrogens (tertiary/aromatic N) is 1. The molecule has 3 heteroatoms. The van der Waals surface area contributed by atoms with Gasteiger partial charge in [-0.15, -0.1) is 0 Å². The SMILES string of the molecule is C=C/C=C(\C=C)CCCN1CCC(F)(c2ccc(Cl)cc2)CC1. The molecule has 1 fully saturated rings. The first-order valence-corrected chi connectivity index (χ1v) is 8.56. The van der Waals surface area contributed by atoms with E-state index in [9.17, 15) is 0 Å². The van der Waals surface area contributed by atoms with Gasteiger partial charge in [0.1, 0.15) is 5.67 Å². The minimum Gasteiger partial charge on any atom is -0.303 e. The van der Waals surface area contributed by atoms with Crippen LogP contribution in [0.25, 0.3) is 0 Å². The Kier molecular flexibility index (Phi) is 6.61. The number of piperidine rings is 1. The van der Waals surface area contributed by atoms with Crippen molar-refractivity contribution in [2.24, 2.45) is 0 Å². The van der Waals surface area contributed by atoms with Crippen LogP contribution in [0, 0.1) is 0 Å². The largest absolute Gasteiger partial charge is 0.303 e. The van der Waals surface area contributed by atoms with E-state index in [4.69, 9.17) is 11.6 Å². The average Bonchev–Trinajstić information content (AvgIpc) is 2.56. The van der Waals surface area contributed by atoms with Gasteiger partial charge in [0.15, 0.2) is 0 Å². The number of alkyl halides is 1. The number of rotatable bonds is 7. The summed E-state index contributed by atoms with van der Waals surface area (Å²) in [7, 11) is 0. The Morgan fingerprint density at radius 2 is 1.87 bits per heavy atom. The lowest BCUT2D eigenvalue weighted by atomic mass is 9.86. The van der Waals surface area contributed by atoms with Gasteiger partial charge in [0.2, 0.25) is 0 Å². The molecule has 1 nitrogen and oxygen atoms in total. The summed E-state index contributed by atoms with van der Waals surface area (Å²) in [6.07, 6.45) is 8.82. The van der Waals surface area contributed by atoms with Gasteiger partial charge in [-0.25, -0.2) is 4.39 Å². The third-order valence-electron chi connectivity index (χ3n) is 4.54. The summed E-state index contributed by atoms with van der Waals surface area (Å²) in [6.45, 7) is 10.1. The number of hydrogen-bond donors (Lipinski definition) is 0. The fraction of sp³-hybridized carbons (Fsp3) is 0.400. The van der Waals surface area contributed by atoms with Gasteiger partial charge < -0.3 is 4.90 Å². The lowest BCUT2D eigenvalue weighted by Gasteiger charge is -2.36. The van der Waals surface area contributed by atoms with E-state index in [0.29, 0.717) is 17.9 Å². The molecule has 1 aromatic rings. The first-order chi connectivity index (χ1) is 11.1. The van der Waals surface area contributed by atoms with Crippen molar-refractivity contribution in [1.82, 2.24) is 4.90 Å². The van der Waals surface area contributed by atoms with Crippen LogP contribution in [0.4, 0.5) is 4.39 Å². The molecule has 23 heavy (non-hydrogen) atoms. The second-order valence-corrected chi connectivity index (χ2v) is 6.54. The highest BCUT2D eigenvalue weighted by Gasteiger charge is 2.35. The second-order valence-electron chi connectivity index (χ2n) is 6.10. The number of hydrogen-bond acceptors (Lipinski definition) is 1. The van der Waals surface area contributed by atoms with Gasteiger partial charge in [-0.3, -0.25) is 0 Å². The van der Waals surface area contributed by atoms with Crippen molar-refractivity contribution in [3.05, 3.63) is 71.8 Å². The fourth-order valence-electron chi connectivity index (χ4n) is 3.08. The molecule has 1 aliphatic rings. The van der Waals surface area contributed by atoms with E-state index < -0.39 is 5.67 Å². The van der Waals surface area contributed by atoms with Crippen molar-refractivity contribution < 1.29 is 4.39 Å². The van der Waals surface area contributed by atoms with E-state index in [1.807, 2.05) is 24.3 Å². The molecule has 0 radical (unpaired) electrons. The molecule has 124 valence electrons. The molecule has 1 saturated heterocycles. The van der Waals surface area contributed by atoms with Crippen LogP contribution in [0.2, 0.25) is 5.02 Å². The van der Waals surface area contributed by atoms with E-state index >= 15 is 4.39 Å². The standard InChI is InChI=1S/C20H25ClFN/c1-3-6-17(4-2)7-5-14-23-15-12-20(22,13-16-23)18-8-10-19(21)11-9-18/h3-4,6,8-11H,1-2,5,7,12-16H2/b17-6+. The molecule has 0 saturated carbocycles. The zero-order chi connectivity index (χ0) is 16.7. The molecule has 1 heterocycles. The smallest absolute Gasteiger partial charge is 0.138 e. The Morgan fingerprint density at radius 3 is 2.43 bits per heavy atom. The topological polar surface area (TPSA) is 3.24 Å². The quantitative estimate of drug-likeness (QED) is 0.580. The summed E-state index contributed by atoms with van der Waals surface area (Å²) < 4.78 is 15.1. The van der Waals surface area contributed by atoms with Crippen molar-refractivity contribution in [2.45, 2.75) is 31.4 Å². The van der Waals surface area contributed by atoms with Gasteiger partial charge >= 0.3 is 0 Å². The molecule has 0 aromatic heterocycles. The summed E-state index contributed by atoms with van der Waals surface area (Å²) in [4.78, 5) is 2.35. The molecule has 1 aliphatic heterocycles. The van der Waals surface area contributed by atoms with Crippen LogP contribution in [0.5, 0.6) is 0 Å². The molecular weight excluding hydrogens is 309 g/mol. The molecule has 0 aliphatic carbocycles. The maximum absolute atomic E-state index is 15.1.